The van der Waals surface area contributed by atoms with Crippen LogP contribution in [0.1, 0.15) is 5.56 Å². The number of anilines is 1. The van der Waals surface area contributed by atoms with E-state index in [0.29, 0.717) is 12.2 Å². The molecule has 4 N–H and O–H groups in total. The molecule has 0 atom stereocenters. The van der Waals surface area contributed by atoms with Crippen molar-refractivity contribution in [3.05, 3.63) is 23.8 Å². The zero-order valence-electron chi connectivity index (χ0n) is 7.32. The Balaban J connectivity index is 0. The molecule has 0 aliphatic heterocycles. The maximum Gasteiger partial charge on any atom is 0.120 e. The first-order chi connectivity index (χ1) is 5.27. The van der Waals surface area contributed by atoms with Crippen molar-refractivity contribution < 1.29 is 4.74 Å². The molecule has 0 radical (unpaired) electrons. The summed E-state index contributed by atoms with van der Waals surface area (Å²) in [6, 6.07) is 5.48. The van der Waals surface area contributed by atoms with Crippen LogP contribution in [-0.2, 0) is 6.54 Å². The maximum absolute atomic E-state index is 5.65. The van der Waals surface area contributed by atoms with Crippen LogP contribution in [0.15, 0.2) is 18.2 Å². The van der Waals surface area contributed by atoms with Crippen molar-refractivity contribution in [2.24, 2.45) is 5.73 Å². The normalized spacial score (nSPS) is 8.15. The van der Waals surface area contributed by atoms with E-state index in [1.54, 1.807) is 13.2 Å². The van der Waals surface area contributed by atoms with Gasteiger partial charge in [0.1, 0.15) is 5.75 Å². The van der Waals surface area contributed by atoms with Gasteiger partial charge >= 0.3 is 0 Å². The summed E-state index contributed by atoms with van der Waals surface area (Å²) in [6.45, 7) is 0.468. The van der Waals surface area contributed by atoms with Crippen LogP contribution in [-0.4, -0.2) is 7.11 Å². The largest absolute Gasteiger partial charge is 0.497 e. The zero-order chi connectivity index (χ0) is 8.27. The van der Waals surface area contributed by atoms with Crippen molar-refractivity contribution >= 4 is 30.5 Å². The zero-order valence-corrected chi connectivity index (χ0v) is 8.95. The van der Waals surface area contributed by atoms with Crippen LogP contribution in [0.3, 0.4) is 0 Å². The summed E-state index contributed by atoms with van der Waals surface area (Å²) in [7, 11) is 1.61. The smallest absolute Gasteiger partial charge is 0.120 e. The summed E-state index contributed by atoms with van der Waals surface area (Å²) in [4.78, 5) is 0. The summed E-state index contributed by atoms with van der Waals surface area (Å²) in [5, 5.41) is 0. The lowest BCUT2D eigenvalue weighted by atomic mass is 10.2. The molecule has 0 heterocycles. The quantitative estimate of drug-likeness (QED) is 0.751. The first kappa shape index (κ1) is 14.9. The standard InChI is InChI=1S/C8H12N2O.2ClH/c1-11-7-3-2-6(5-9)8(10)4-7;;/h2-4H,5,9-10H2,1H3;2*1H. The van der Waals surface area contributed by atoms with E-state index < -0.39 is 0 Å². The third kappa shape index (κ3) is 3.72. The second-order valence-corrected chi connectivity index (χ2v) is 2.27. The van der Waals surface area contributed by atoms with E-state index in [1.165, 1.54) is 0 Å². The average Bonchev–Trinajstić information content (AvgIpc) is 2.04. The fourth-order valence-corrected chi connectivity index (χ4v) is 0.886. The fourth-order valence-electron chi connectivity index (χ4n) is 0.886. The van der Waals surface area contributed by atoms with E-state index in [4.69, 9.17) is 16.2 Å². The number of hydrogen-bond donors (Lipinski definition) is 2. The van der Waals surface area contributed by atoms with E-state index in [2.05, 4.69) is 0 Å². The Morgan fingerprint density at radius 2 is 1.92 bits per heavy atom. The van der Waals surface area contributed by atoms with Crippen molar-refractivity contribution in [2.75, 3.05) is 12.8 Å². The minimum atomic E-state index is 0. The average molecular weight is 225 g/mol. The molecular weight excluding hydrogens is 211 g/mol. The molecule has 5 heteroatoms. The molecule has 76 valence electrons. The molecule has 13 heavy (non-hydrogen) atoms. The Morgan fingerprint density at radius 3 is 2.31 bits per heavy atom. The molecule has 3 nitrogen and oxygen atoms in total. The van der Waals surface area contributed by atoms with E-state index in [-0.39, 0.29) is 24.8 Å². The van der Waals surface area contributed by atoms with Gasteiger partial charge in [0.15, 0.2) is 0 Å². The van der Waals surface area contributed by atoms with Gasteiger partial charge in [-0.1, -0.05) is 6.07 Å². The summed E-state index contributed by atoms with van der Waals surface area (Å²) >= 11 is 0. The van der Waals surface area contributed by atoms with E-state index in [0.717, 1.165) is 11.3 Å². The molecule has 0 amide bonds. The highest BCUT2D eigenvalue weighted by Crippen LogP contribution is 2.18. The van der Waals surface area contributed by atoms with Crippen molar-refractivity contribution in [2.45, 2.75) is 6.54 Å². The predicted molar refractivity (Wildman–Crippen MR) is 59.8 cm³/mol. The van der Waals surface area contributed by atoms with Gasteiger partial charge < -0.3 is 16.2 Å². The summed E-state index contributed by atoms with van der Waals surface area (Å²) in [5.41, 5.74) is 12.7. The van der Waals surface area contributed by atoms with E-state index in [9.17, 15) is 0 Å². The number of ether oxygens (including phenoxy) is 1. The number of hydrogen-bond acceptors (Lipinski definition) is 3. The second-order valence-electron chi connectivity index (χ2n) is 2.27. The Bertz CT molecular complexity index is 256. The molecule has 0 aliphatic carbocycles. The van der Waals surface area contributed by atoms with Crippen molar-refractivity contribution in [1.82, 2.24) is 0 Å². The lowest BCUT2D eigenvalue weighted by molar-refractivity contribution is 0.415. The van der Waals surface area contributed by atoms with Crippen LogP contribution in [0.5, 0.6) is 5.75 Å². The van der Waals surface area contributed by atoms with Gasteiger partial charge in [-0.05, 0) is 11.6 Å². The monoisotopic (exact) mass is 224 g/mol. The van der Waals surface area contributed by atoms with Crippen LogP contribution in [0.25, 0.3) is 0 Å². The first-order valence-corrected chi connectivity index (χ1v) is 3.40. The predicted octanol–water partition coefficient (Wildman–Crippen LogP) is 1.58. The highest BCUT2D eigenvalue weighted by atomic mass is 35.5. The topological polar surface area (TPSA) is 61.3 Å². The highest BCUT2D eigenvalue weighted by molar-refractivity contribution is 5.85. The number of methoxy groups -OCH3 is 1. The van der Waals surface area contributed by atoms with Crippen LogP contribution in [0, 0.1) is 0 Å². The molecule has 0 aromatic heterocycles. The SMILES string of the molecule is COc1ccc(CN)c(N)c1.Cl.Cl. The molecule has 0 fully saturated rings. The maximum atomic E-state index is 5.65. The molecular formula is C8H14Cl2N2O. The summed E-state index contributed by atoms with van der Waals surface area (Å²) in [6.07, 6.45) is 0. The van der Waals surface area contributed by atoms with Gasteiger partial charge in [0.25, 0.3) is 0 Å². The van der Waals surface area contributed by atoms with Gasteiger partial charge in [-0.3, -0.25) is 0 Å². The molecule has 0 saturated heterocycles. The Labute approximate surface area is 90.3 Å². The molecule has 0 unspecified atom stereocenters. The lowest BCUT2D eigenvalue weighted by Crippen LogP contribution is -2.01. The number of rotatable bonds is 2. The van der Waals surface area contributed by atoms with E-state index >= 15 is 0 Å². The first-order valence-electron chi connectivity index (χ1n) is 3.40. The number of nitrogen functional groups attached to an aromatic ring is 1. The van der Waals surface area contributed by atoms with Crippen molar-refractivity contribution in [3.8, 4) is 5.75 Å². The van der Waals surface area contributed by atoms with Crippen molar-refractivity contribution in [3.63, 3.8) is 0 Å². The van der Waals surface area contributed by atoms with Crippen molar-refractivity contribution in [1.29, 1.82) is 0 Å². The second kappa shape index (κ2) is 6.83. The third-order valence-electron chi connectivity index (χ3n) is 1.57. The highest BCUT2D eigenvalue weighted by Gasteiger charge is 1.97. The molecule has 1 rings (SSSR count). The Morgan fingerprint density at radius 1 is 1.31 bits per heavy atom. The molecule has 0 spiro atoms. The van der Waals surface area contributed by atoms with Gasteiger partial charge in [0, 0.05) is 18.3 Å². The third-order valence-corrected chi connectivity index (χ3v) is 1.57. The van der Waals surface area contributed by atoms with Crippen LogP contribution >= 0.6 is 24.8 Å². The van der Waals surface area contributed by atoms with Crippen LogP contribution in [0.2, 0.25) is 0 Å². The Kier molecular flexibility index (Phi) is 7.81. The number of halogens is 2. The van der Waals surface area contributed by atoms with E-state index in [1.807, 2.05) is 12.1 Å². The number of nitrogens with two attached hydrogens (primary N) is 2. The van der Waals surface area contributed by atoms with Crippen LogP contribution in [0.4, 0.5) is 5.69 Å². The minimum Gasteiger partial charge on any atom is -0.497 e. The Hall–Kier alpha value is -0.640. The minimum absolute atomic E-state index is 0. The summed E-state index contributed by atoms with van der Waals surface area (Å²) in [5.74, 6) is 0.764. The van der Waals surface area contributed by atoms with Gasteiger partial charge in [-0.25, -0.2) is 0 Å². The summed E-state index contributed by atoms with van der Waals surface area (Å²) < 4.78 is 4.97. The number of benzene rings is 1. The van der Waals surface area contributed by atoms with Gasteiger partial charge in [0.2, 0.25) is 0 Å². The lowest BCUT2D eigenvalue weighted by Gasteiger charge is -2.04. The molecule has 0 aliphatic rings. The molecule has 1 aromatic carbocycles. The van der Waals surface area contributed by atoms with Crippen LogP contribution < -0.4 is 16.2 Å². The van der Waals surface area contributed by atoms with Gasteiger partial charge in [0.05, 0.1) is 7.11 Å². The molecule has 0 saturated carbocycles. The fraction of sp³-hybridized carbons (Fsp3) is 0.250. The van der Waals surface area contributed by atoms with Gasteiger partial charge in [-0.15, -0.1) is 24.8 Å². The molecule has 1 aromatic rings. The van der Waals surface area contributed by atoms with Gasteiger partial charge in [-0.2, -0.15) is 0 Å². The molecule has 0 bridgehead atoms.